The van der Waals surface area contributed by atoms with Crippen LogP contribution in [0, 0.1) is 13.8 Å². The Morgan fingerprint density at radius 3 is 2.04 bits per heavy atom. The second-order valence-corrected chi connectivity index (χ2v) is 10.2. The van der Waals surface area contributed by atoms with Gasteiger partial charge in [0.25, 0.3) is 10.0 Å². The Balaban J connectivity index is 1.91. The lowest BCUT2D eigenvalue weighted by Crippen LogP contribution is -2.15. The Morgan fingerprint density at radius 1 is 0.821 bits per heavy atom. The number of nitrogens with zero attached hydrogens (tertiary/aromatic N) is 1. The highest BCUT2D eigenvalue weighted by Gasteiger charge is 2.18. The summed E-state index contributed by atoms with van der Waals surface area (Å²) in [6, 6.07) is 16.6. The zero-order chi connectivity index (χ0) is 20.5. The van der Waals surface area contributed by atoms with Crippen molar-refractivity contribution in [1.82, 2.24) is 4.98 Å². The monoisotopic (exact) mass is 416 g/mol. The largest absolute Gasteiger partial charge is 0.263 e. The Bertz CT molecular complexity index is 1230. The number of sulfonamides is 1. The maximum absolute atomic E-state index is 12.7. The molecule has 0 aliphatic carbocycles. The molecule has 3 rings (SSSR count). The van der Waals surface area contributed by atoms with Gasteiger partial charge in [0, 0.05) is 11.9 Å². The molecule has 8 heteroatoms. The Labute approximate surface area is 165 Å². The molecule has 0 unspecified atom stereocenters. The number of nitrogens with one attached hydrogen (secondary N) is 1. The van der Waals surface area contributed by atoms with E-state index in [1.807, 2.05) is 0 Å². The minimum absolute atomic E-state index is 0.160. The number of sulfone groups is 1. The van der Waals surface area contributed by atoms with Gasteiger partial charge in [-0.2, -0.15) is 0 Å². The normalized spacial score (nSPS) is 12.0. The Morgan fingerprint density at radius 2 is 1.46 bits per heavy atom. The van der Waals surface area contributed by atoms with E-state index in [1.54, 1.807) is 56.3 Å². The molecule has 28 heavy (non-hydrogen) atoms. The quantitative estimate of drug-likeness (QED) is 0.686. The topological polar surface area (TPSA) is 93.2 Å². The molecule has 0 aliphatic heterocycles. The number of aryl methyl sites for hydroxylation is 2. The molecule has 6 nitrogen and oxygen atoms in total. The molecule has 0 amide bonds. The summed E-state index contributed by atoms with van der Waals surface area (Å²) in [7, 11) is -7.04. The highest BCUT2D eigenvalue weighted by Crippen LogP contribution is 2.26. The van der Waals surface area contributed by atoms with Crippen molar-refractivity contribution in [3.63, 3.8) is 0 Å². The average Bonchev–Trinajstić information content (AvgIpc) is 2.60. The van der Waals surface area contributed by atoms with Crippen LogP contribution < -0.4 is 4.72 Å². The molecule has 0 fully saturated rings. The fourth-order valence-corrected chi connectivity index (χ4v) is 4.68. The van der Waals surface area contributed by atoms with Crippen LogP contribution in [-0.2, 0) is 19.9 Å². The minimum atomic E-state index is -3.78. The van der Waals surface area contributed by atoms with E-state index in [0.717, 1.165) is 17.4 Å². The predicted octanol–water partition coefficient (Wildman–Crippen LogP) is 3.57. The molecule has 1 heterocycles. The minimum Gasteiger partial charge on any atom is -0.263 e. The molecular weight excluding hydrogens is 396 g/mol. The fraction of sp³-hybridized carbons (Fsp3) is 0.150. The first-order chi connectivity index (χ1) is 13.1. The third kappa shape index (κ3) is 4.40. The van der Waals surface area contributed by atoms with Crippen molar-refractivity contribution in [3.05, 3.63) is 71.9 Å². The number of rotatable bonds is 5. The summed E-state index contributed by atoms with van der Waals surface area (Å²) in [6.07, 6.45) is 1.15. The molecule has 0 saturated carbocycles. The highest BCUT2D eigenvalue weighted by atomic mass is 32.2. The van der Waals surface area contributed by atoms with Gasteiger partial charge in [0.1, 0.15) is 5.82 Å². The lowest BCUT2D eigenvalue weighted by molar-refractivity contribution is 0.599. The lowest BCUT2D eigenvalue weighted by Gasteiger charge is -2.12. The Kier molecular flexibility index (Phi) is 5.27. The molecule has 2 aromatic carbocycles. The lowest BCUT2D eigenvalue weighted by atomic mass is 10.0. The van der Waals surface area contributed by atoms with Crippen LogP contribution in [0.15, 0.2) is 70.5 Å². The van der Waals surface area contributed by atoms with Crippen LogP contribution in [0.5, 0.6) is 0 Å². The summed E-state index contributed by atoms with van der Waals surface area (Å²) in [4.78, 5) is 4.56. The van der Waals surface area contributed by atoms with Gasteiger partial charge in [-0.05, 0) is 60.9 Å². The fourth-order valence-electron chi connectivity index (χ4n) is 2.82. The van der Waals surface area contributed by atoms with Gasteiger partial charge in [0.2, 0.25) is 0 Å². The van der Waals surface area contributed by atoms with Crippen molar-refractivity contribution in [3.8, 4) is 11.1 Å². The van der Waals surface area contributed by atoms with Crippen molar-refractivity contribution in [2.45, 2.75) is 23.6 Å². The van der Waals surface area contributed by atoms with Crippen molar-refractivity contribution in [2.24, 2.45) is 0 Å². The predicted molar refractivity (Wildman–Crippen MR) is 110 cm³/mol. The molecule has 0 saturated heterocycles. The van der Waals surface area contributed by atoms with E-state index in [9.17, 15) is 16.8 Å². The number of hydrogen-bond donors (Lipinski definition) is 1. The van der Waals surface area contributed by atoms with Gasteiger partial charge >= 0.3 is 0 Å². The van der Waals surface area contributed by atoms with E-state index >= 15 is 0 Å². The molecule has 1 aromatic heterocycles. The third-order valence-electron chi connectivity index (χ3n) is 4.21. The third-order valence-corrected chi connectivity index (χ3v) is 6.85. The highest BCUT2D eigenvalue weighted by molar-refractivity contribution is 7.92. The van der Waals surface area contributed by atoms with E-state index in [-0.39, 0.29) is 15.6 Å². The molecule has 0 atom stereocenters. The molecule has 0 radical (unpaired) electrons. The first-order valence-corrected chi connectivity index (χ1v) is 11.8. The van der Waals surface area contributed by atoms with Gasteiger partial charge in [-0.1, -0.05) is 30.3 Å². The van der Waals surface area contributed by atoms with E-state index in [1.165, 1.54) is 18.2 Å². The Hall–Kier alpha value is -2.71. The van der Waals surface area contributed by atoms with Crippen molar-refractivity contribution in [2.75, 3.05) is 11.0 Å². The summed E-state index contributed by atoms with van der Waals surface area (Å²) in [5.41, 5.74) is 2.88. The summed E-state index contributed by atoms with van der Waals surface area (Å²) >= 11 is 0. The van der Waals surface area contributed by atoms with Gasteiger partial charge < -0.3 is 0 Å². The molecule has 0 bridgehead atoms. The molecule has 3 aromatic rings. The van der Waals surface area contributed by atoms with E-state index in [4.69, 9.17) is 0 Å². The van der Waals surface area contributed by atoms with Crippen molar-refractivity contribution >= 4 is 25.7 Å². The molecule has 1 N–H and O–H groups in total. The number of hydrogen-bond acceptors (Lipinski definition) is 5. The summed E-state index contributed by atoms with van der Waals surface area (Å²) in [5.74, 6) is 0.264. The van der Waals surface area contributed by atoms with Crippen LogP contribution >= 0.6 is 0 Å². The summed E-state index contributed by atoms with van der Waals surface area (Å²) in [6.45, 7) is 3.50. The summed E-state index contributed by atoms with van der Waals surface area (Å²) in [5, 5.41) is 0. The SMILES string of the molecule is Cc1cccc(NS(=O)(=O)c2ccc(-c3ccc(S(C)(=O)=O)cc3)cc2C)n1. The van der Waals surface area contributed by atoms with Crippen LogP contribution in [-0.4, -0.2) is 28.1 Å². The number of benzene rings is 2. The van der Waals surface area contributed by atoms with Crippen LogP contribution in [0.3, 0.4) is 0 Å². The summed E-state index contributed by atoms with van der Waals surface area (Å²) < 4.78 is 51.1. The van der Waals surface area contributed by atoms with Crippen LogP contribution in [0.1, 0.15) is 11.3 Å². The second-order valence-electron chi connectivity index (χ2n) is 6.55. The van der Waals surface area contributed by atoms with Crippen LogP contribution in [0.25, 0.3) is 11.1 Å². The van der Waals surface area contributed by atoms with Gasteiger partial charge in [0.05, 0.1) is 9.79 Å². The van der Waals surface area contributed by atoms with Crippen molar-refractivity contribution in [1.29, 1.82) is 0 Å². The van der Waals surface area contributed by atoms with Gasteiger partial charge in [-0.25, -0.2) is 21.8 Å². The van der Waals surface area contributed by atoms with E-state index < -0.39 is 19.9 Å². The van der Waals surface area contributed by atoms with Gasteiger partial charge in [-0.15, -0.1) is 0 Å². The smallest absolute Gasteiger partial charge is 0.263 e. The average molecular weight is 417 g/mol. The molecule has 0 spiro atoms. The standard InChI is InChI=1S/C20H20N2O4S2/c1-14-13-17(16-7-10-18(11-8-16)27(3,23)24)9-12-19(14)28(25,26)22-20-6-4-5-15(2)21-20/h4-13H,1-3H3,(H,21,22). The van der Waals surface area contributed by atoms with Gasteiger partial charge in [0.15, 0.2) is 9.84 Å². The van der Waals surface area contributed by atoms with Crippen molar-refractivity contribution < 1.29 is 16.8 Å². The zero-order valence-corrected chi connectivity index (χ0v) is 17.3. The van der Waals surface area contributed by atoms with E-state index in [0.29, 0.717) is 11.3 Å². The zero-order valence-electron chi connectivity index (χ0n) is 15.7. The van der Waals surface area contributed by atoms with Crippen LogP contribution in [0.2, 0.25) is 0 Å². The number of pyridine rings is 1. The molecule has 0 aliphatic rings. The van der Waals surface area contributed by atoms with Crippen LogP contribution in [0.4, 0.5) is 5.82 Å². The number of anilines is 1. The van der Waals surface area contributed by atoms with E-state index in [2.05, 4.69) is 9.71 Å². The molecular formula is C20H20N2O4S2. The maximum atomic E-state index is 12.7. The maximum Gasteiger partial charge on any atom is 0.263 e. The second kappa shape index (κ2) is 7.37. The molecule has 146 valence electrons. The first kappa shape index (κ1) is 20.0. The van der Waals surface area contributed by atoms with Gasteiger partial charge in [-0.3, -0.25) is 4.72 Å². The first-order valence-electron chi connectivity index (χ1n) is 8.44. The number of aromatic nitrogens is 1.